The Bertz CT molecular complexity index is 550. The van der Waals surface area contributed by atoms with E-state index in [1.807, 2.05) is 0 Å². The average molecular weight is 313 g/mol. The van der Waals surface area contributed by atoms with Gasteiger partial charge in [0.1, 0.15) is 0 Å². The van der Waals surface area contributed by atoms with Crippen molar-refractivity contribution in [2.24, 2.45) is 5.92 Å². The fourth-order valence-corrected chi connectivity index (χ4v) is 2.56. The molecule has 1 heterocycles. The Morgan fingerprint density at radius 2 is 2.29 bits per heavy atom. The number of carbonyl (C=O) groups excluding carboxylic acids is 1. The Kier molecular flexibility index (Phi) is 5.03. The zero-order valence-corrected chi connectivity index (χ0v) is 12.4. The van der Waals surface area contributed by atoms with Crippen molar-refractivity contribution >= 4 is 29.3 Å². The topological polar surface area (TPSA) is 78.9 Å². The van der Waals surface area contributed by atoms with Crippen molar-refractivity contribution in [3.63, 3.8) is 0 Å². The molecule has 21 heavy (non-hydrogen) atoms. The lowest BCUT2D eigenvalue weighted by atomic mass is 10.1. The van der Waals surface area contributed by atoms with Crippen molar-refractivity contribution in [2.45, 2.75) is 6.42 Å². The number of carboxylic acids is 1. The molecule has 1 saturated heterocycles. The molecule has 0 saturated carbocycles. The second kappa shape index (κ2) is 6.78. The third-order valence-electron chi connectivity index (χ3n) is 3.43. The van der Waals surface area contributed by atoms with E-state index < -0.39 is 5.97 Å². The van der Waals surface area contributed by atoms with Gasteiger partial charge in [0.15, 0.2) is 0 Å². The molecule has 0 aliphatic carbocycles. The molecule has 1 aliphatic heterocycles. The molecule has 1 aliphatic rings. The number of carbonyl (C=O) groups is 2. The summed E-state index contributed by atoms with van der Waals surface area (Å²) in [5.41, 5.74) is 0.218. The number of hydrogen-bond donors (Lipinski definition) is 2. The maximum Gasteiger partial charge on any atom is 0.337 e. The zero-order chi connectivity index (χ0) is 15.4. The van der Waals surface area contributed by atoms with E-state index in [1.165, 1.54) is 12.1 Å². The molecule has 1 aromatic carbocycles. The number of urea groups is 1. The van der Waals surface area contributed by atoms with Gasteiger partial charge in [-0.15, -0.1) is 0 Å². The molecule has 114 valence electrons. The van der Waals surface area contributed by atoms with Crippen LogP contribution in [0, 0.1) is 5.92 Å². The van der Waals surface area contributed by atoms with E-state index in [-0.39, 0.29) is 17.3 Å². The van der Waals surface area contributed by atoms with E-state index in [0.717, 1.165) is 6.42 Å². The smallest absolute Gasteiger partial charge is 0.337 e. The lowest BCUT2D eigenvalue weighted by Crippen LogP contribution is -2.33. The number of amides is 2. The van der Waals surface area contributed by atoms with E-state index in [1.54, 1.807) is 18.1 Å². The summed E-state index contributed by atoms with van der Waals surface area (Å²) in [6, 6.07) is 4.05. The minimum Gasteiger partial charge on any atom is -0.478 e. The van der Waals surface area contributed by atoms with Crippen molar-refractivity contribution in [3.05, 3.63) is 28.8 Å². The maximum absolute atomic E-state index is 12.2. The van der Waals surface area contributed by atoms with Gasteiger partial charge in [-0.3, -0.25) is 0 Å². The Morgan fingerprint density at radius 1 is 1.52 bits per heavy atom. The summed E-state index contributed by atoms with van der Waals surface area (Å²) in [6.45, 7) is 1.86. The number of nitrogens with one attached hydrogen (secondary N) is 1. The molecule has 2 rings (SSSR count). The summed E-state index contributed by atoms with van der Waals surface area (Å²) in [4.78, 5) is 25.0. The Hall–Kier alpha value is -1.79. The Balaban J connectivity index is 2.05. The molecule has 2 N–H and O–H groups in total. The molecular formula is C14H17ClN2O4. The molecular weight excluding hydrogens is 296 g/mol. The molecule has 0 spiro atoms. The van der Waals surface area contributed by atoms with E-state index in [9.17, 15) is 9.59 Å². The number of methoxy groups -OCH3 is 1. The van der Waals surface area contributed by atoms with Gasteiger partial charge in [0, 0.05) is 31.1 Å². The summed E-state index contributed by atoms with van der Waals surface area (Å²) in [7, 11) is 1.63. The molecule has 1 aromatic rings. The number of carboxylic acid groups (broad SMARTS) is 1. The Morgan fingerprint density at radius 3 is 2.95 bits per heavy atom. The lowest BCUT2D eigenvalue weighted by Gasteiger charge is -2.18. The van der Waals surface area contributed by atoms with Gasteiger partial charge >= 0.3 is 12.0 Å². The van der Waals surface area contributed by atoms with Gasteiger partial charge < -0.3 is 20.1 Å². The monoisotopic (exact) mass is 312 g/mol. The fraction of sp³-hybridized carbons (Fsp3) is 0.429. The second-order valence-electron chi connectivity index (χ2n) is 4.98. The van der Waals surface area contributed by atoms with E-state index in [2.05, 4.69) is 5.32 Å². The van der Waals surface area contributed by atoms with E-state index >= 15 is 0 Å². The number of halogens is 1. The zero-order valence-electron chi connectivity index (χ0n) is 11.6. The first kappa shape index (κ1) is 15.6. The SMILES string of the molecule is COCC1CCN(C(=O)Nc2ccc(Cl)cc2C(=O)O)C1. The maximum atomic E-state index is 12.2. The minimum absolute atomic E-state index is 0.0245. The van der Waals surface area contributed by atoms with Crippen molar-refractivity contribution in [2.75, 3.05) is 32.1 Å². The van der Waals surface area contributed by atoms with Crippen LogP contribution in [0.1, 0.15) is 16.8 Å². The van der Waals surface area contributed by atoms with Gasteiger partial charge in [0.25, 0.3) is 0 Å². The number of nitrogens with zero attached hydrogens (tertiary/aromatic N) is 1. The van der Waals surface area contributed by atoms with Gasteiger partial charge in [0.05, 0.1) is 17.9 Å². The highest BCUT2D eigenvalue weighted by Gasteiger charge is 2.26. The highest BCUT2D eigenvalue weighted by atomic mass is 35.5. The van der Waals surface area contributed by atoms with Crippen LogP contribution in [0.4, 0.5) is 10.5 Å². The summed E-state index contributed by atoms with van der Waals surface area (Å²) < 4.78 is 5.09. The number of likely N-dealkylation sites (tertiary alicyclic amines) is 1. The van der Waals surface area contributed by atoms with E-state index in [4.69, 9.17) is 21.4 Å². The molecule has 0 bridgehead atoms. The second-order valence-corrected chi connectivity index (χ2v) is 5.42. The van der Waals surface area contributed by atoms with Crippen LogP contribution >= 0.6 is 11.6 Å². The summed E-state index contributed by atoms with van der Waals surface area (Å²) in [5, 5.41) is 12.1. The molecule has 7 heteroatoms. The predicted octanol–water partition coefficient (Wildman–Crippen LogP) is 2.54. The first-order chi connectivity index (χ1) is 10.0. The van der Waals surface area contributed by atoms with Gasteiger partial charge in [-0.2, -0.15) is 0 Å². The molecule has 1 unspecified atom stereocenters. The standard InChI is InChI=1S/C14H17ClN2O4/c1-21-8-9-4-5-17(7-9)14(20)16-12-3-2-10(15)6-11(12)13(18)19/h2-3,6,9H,4-5,7-8H2,1H3,(H,16,20)(H,18,19). The molecule has 6 nitrogen and oxygen atoms in total. The number of ether oxygens (including phenoxy) is 1. The van der Waals surface area contributed by atoms with Crippen LogP contribution in [0.5, 0.6) is 0 Å². The van der Waals surface area contributed by atoms with Gasteiger partial charge in [-0.25, -0.2) is 9.59 Å². The van der Waals surface area contributed by atoms with Gasteiger partial charge in [-0.1, -0.05) is 11.6 Å². The highest BCUT2D eigenvalue weighted by molar-refractivity contribution is 6.31. The van der Waals surface area contributed by atoms with Crippen LogP contribution < -0.4 is 5.32 Å². The van der Waals surface area contributed by atoms with Gasteiger partial charge in [0.2, 0.25) is 0 Å². The normalized spacial score (nSPS) is 17.8. The predicted molar refractivity (Wildman–Crippen MR) is 79.0 cm³/mol. The quantitative estimate of drug-likeness (QED) is 0.895. The van der Waals surface area contributed by atoms with Crippen LogP contribution in [-0.4, -0.2) is 48.8 Å². The first-order valence-corrected chi connectivity index (χ1v) is 6.96. The summed E-state index contributed by atoms with van der Waals surface area (Å²) >= 11 is 5.78. The third-order valence-corrected chi connectivity index (χ3v) is 3.66. The Labute approximate surface area is 127 Å². The van der Waals surface area contributed by atoms with Crippen LogP contribution in [0.15, 0.2) is 18.2 Å². The van der Waals surface area contributed by atoms with Crippen LogP contribution in [0.2, 0.25) is 5.02 Å². The average Bonchev–Trinajstić information content (AvgIpc) is 2.89. The van der Waals surface area contributed by atoms with Crippen molar-refractivity contribution in [3.8, 4) is 0 Å². The van der Waals surface area contributed by atoms with Crippen molar-refractivity contribution in [1.29, 1.82) is 0 Å². The van der Waals surface area contributed by atoms with Crippen LogP contribution in [-0.2, 0) is 4.74 Å². The first-order valence-electron chi connectivity index (χ1n) is 6.59. The van der Waals surface area contributed by atoms with Crippen LogP contribution in [0.3, 0.4) is 0 Å². The minimum atomic E-state index is -1.13. The van der Waals surface area contributed by atoms with Crippen molar-refractivity contribution in [1.82, 2.24) is 4.90 Å². The number of anilines is 1. The van der Waals surface area contributed by atoms with Crippen molar-refractivity contribution < 1.29 is 19.4 Å². The third kappa shape index (κ3) is 3.86. The molecule has 1 fully saturated rings. The number of aromatic carboxylic acids is 1. The molecule has 0 aromatic heterocycles. The number of benzene rings is 1. The highest BCUT2D eigenvalue weighted by Crippen LogP contribution is 2.23. The van der Waals surface area contributed by atoms with Crippen LogP contribution in [0.25, 0.3) is 0 Å². The molecule has 0 radical (unpaired) electrons. The molecule has 2 amide bonds. The summed E-state index contributed by atoms with van der Waals surface area (Å²) in [5.74, 6) is -0.809. The number of rotatable bonds is 4. The van der Waals surface area contributed by atoms with Gasteiger partial charge in [-0.05, 0) is 24.6 Å². The van der Waals surface area contributed by atoms with E-state index in [0.29, 0.717) is 30.6 Å². The number of hydrogen-bond acceptors (Lipinski definition) is 3. The summed E-state index contributed by atoms with van der Waals surface area (Å²) in [6.07, 6.45) is 0.883. The lowest BCUT2D eigenvalue weighted by molar-refractivity contribution is 0.0698. The largest absolute Gasteiger partial charge is 0.478 e. The molecule has 1 atom stereocenters. The fourth-order valence-electron chi connectivity index (χ4n) is 2.39.